The van der Waals surface area contributed by atoms with Gasteiger partial charge in [-0.1, -0.05) is 0 Å². The quantitative estimate of drug-likeness (QED) is 0.680. The van der Waals surface area contributed by atoms with Crippen LogP contribution < -0.4 is 5.32 Å². The number of rotatable bonds is 3. The Kier molecular flexibility index (Phi) is 6.22. The predicted molar refractivity (Wildman–Crippen MR) is 102 cm³/mol. The van der Waals surface area contributed by atoms with E-state index in [9.17, 15) is 0 Å². The third kappa shape index (κ3) is 4.72. The zero-order chi connectivity index (χ0) is 19.4. The van der Waals surface area contributed by atoms with Crippen LogP contribution in [0.3, 0.4) is 0 Å². The van der Waals surface area contributed by atoms with Crippen molar-refractivity contribution in [2.75, 3.05) is 18.5 Å². The van der Waals surface area contributed by atoms with Crippen LogP contribution in [0.1, 0.15) is 41.9 Å². The van der Waals surface area contributed by atoms with Crippen molar-refractivity contribution in [3.8, 4) is 0 Å². The van der Waals surface area contributed by atoms with Crippen molar-refractivity contribution in [1.29, 1.82) is 0 Å². The molecular formula is C18H23N3O5S. The molecule has 0 aromatic carbocycles. The number of aliphatic carboxylic acids is 2. The van der Waals surface area contributed by atoms with Gasteiger partial charge in [0.1, 0.15) is 16.5 Å². The summed E-state index contributed by atoms with van der Waals surface area (Å²) in [5.74, 6) is -1.77. The summed E-state index contributed by atoms with van der Waals surface area (Å²) in [6, 6.07) is 0. The molecule has 0 spiro atoms. The topological polar surface area (TPSA) is 122 Å². The van der Waals surface area contributed by atoms with Crippen LogP contribution in [0.15, 0.2) is 0 Å². The second-order valence-electron chi connectivity index (χ2n) is 6.64. The first-order chi connectivity index (χ1) is 13.0. The van der Waals surface area contributed by atoms with Gasteiger partial charge in [-0.3, -0.25) is 0 Å². The summed E-state index contributed by atoms with van der Waals surface area (Å²) in [5.41, 5.74) is 1.50. The maximum atomic E-state index is 9.10. The highest BCUT2D eigenvalue weighted by atomic mass is 32.1. The van der Waals surface area contributed by atoms with Crippen molar-refractivity contribution in [2.24, 2.45) is 0 Å². The van der Waals surface area contributed by atoms with E-state index in [-0.39, 0.29) is 0 Å². The first-order valence-corrected chi connectivity index (χ1v) is 9.88. The molecule has 3 N–H and O–H groups in total. The molecular weight excluding hydrogens is 370 g/mol. The molecule has 2 aromatic rings. The van der Waals surface area contributed by atoms with Gasteiger partial charge in [-0.2, -0.15) is 0 Å². The molecule has 1 aliphatic carbocycles. The van der Waals surface area contributed by atoms with Crippen LogP contribution in [0.4, 0.5) is 5.82 Å². The van der Waals surface area contributed by atoms with Gasteiger partial charge in [0.25, 0.3) is 0 Å². The van der Waals surface area contributed by atoms with Gasteiger partial charge < -0.3 is 20.3 Å². The molecule has 0 saturated carbocycles. The third-order valence-electron chi connectivity index (χ3n) is 4.63. The molecule has 2 aromatic heterocycles. The average molecular weight is 393 g/mol. The fraction of sp³-hybridized carbons (Fsp3) is 0.556. The van der Waals surface area contributed by atoms with E-state index in [0.29, 0.717) is 6.10 Å². The molecule has 1 unspecified atom stereocenters. The zero-order valence-electron chi connectivity index (χ0n) is 15.2. The highest BCUT2D eigenvalue weighted by molar-refractivity contribution is 7.19. The summed E-state index contributed by atoms with van der Waals surface area (Å²) in [4.78, 5) is 30.2. The number of anilines is 1. The van der Waals surface area contributed by atoms with Gasteiger partial charge in [-0.25, -0.2) is 19.6 Å². The maximum Gasteiger partial charge on any atom is 0.414 e. The van der Waals surface area contributed by atoms with Crippen molar-refractivity contribution < 1.29 is 24.5 Å². The van der Waals surface area contributed by atoms with Gasteiger partial charge in [-0.15, -0.1) is 11.3 Å². The Morgan fingerprint density at radius 1 is 1.19 bits per heavy atom. The summed E-state index contributed by atoms with van der Waals surface area (Å²) in [6.07, 6.45) is 7.66. The van der Waals surface area contributed by atoms with Crippen molar-refractivity contribution in [3.05, 3.63) is 16.3 Å². The fourth-order valence-corrected chi connectivity index (χ4v) is 4.71. The Labute approximate surface area is 160 Å². The van der Waals surface area contributed by atoms with Crippen LogP contribution in [0.5, 0.6) is 0 Å². The van der Waals surface area contributed by atoms with E-state index < -0.39 is 11.9 Å². The van der Waals surface area contributed by atoms with Crippen LogP contribution in [0.2, 0.25) is 0 Å². The minimum atomic E-state index is -1.82. The Bertz CT molecular complexity index is 833. The normalized spacial score (nSPS) is 18.5. The van der Waals surface area contributed by atoms with Crippen LogP contribution in [0.25, 0.3) is 10.2 Å². The molecule has 2 aliphatic rings. The van der Waals surface area contributed by atoms with Crippen LogP contribution in [0, 0.1) is 6.92 Å². The minimum absolute atomic E-state index is 0.338. The molecule has 1 atom stereocenters. The minimum Gasteiger partial charge on any atom is -0.473 e. The fourth-order valence-electron chi connectivity index (χ4n) is 3.41. The van der Waals surface area contributed by atoms with Crippen molar-refractivity contribution in [3.63, 3.8) is 0 Å². The van der Waals surface area contributed by atoms with Crippen molar-refractivity contribution >= 4 is 39.3 Å². The van der Waals surface area contributed by atoms with E-state index in [1.807, 2.05) is 18.3 Å². The number of thiophene rings is 1. The monoisotopic (exact) mass is 393 g/mol. The lowest BCUT2D eigenvalue weighted by Gasteiger charge is -2.15. The van der Waals surface area contributed by atoms with Crippen molar-refractivity contribution in [1.82, 2.24) is 9.97 Å². The highest BCUT2D eigenvalue weighted by Gasteiger charge is 2.22. The summed E-state index contributed by atoms with van der Waals surface area (Å²) in [7, 11) is 0. The van der Waals surface area contributed by atoms with E-state index in [2.05, 4.69) is 15.3 Å². The largest absolute Gasteiger partial charge is 0.473 e. The van der Waals surface area contributed by atoms with E-state index in [1.165, 1.54) is 47.9 Å². The lowest BCUT2D eigenvalue weighted by atomic mass is 9.97. The molecule has 1 fully saturated rings. The standard InChI is InChI=1S/C16H21N3OS.C2H2O4/c1-10-18-15(17-9-11-5-4-8-20-11)14-12-6-2-3-7-13(12)21-16(14)19-10;3-1(4)2(5)6/h11H,2-9H2,1H3,(H,17,18,19);(H,3,4)(H,5,6). The molecule has 8 nitrogen and oxygen atoms in total. The number of aromatic nitrogens is 2. The van der Waals surface area contributed by atoms with Gasteiger partial charge in [0, 0.05) is 18.0 Å². The zero-order valence-corrected chi connectivity index (χ0v) is 16.0. The second kappa shape index (κ2) is 8.62. The van der Waals surface area contributed by atoms with Gasteiger partial charge in [-0.05, 0) is 51.0 Å². The number of nitrogens with one attached hydrogen (secondary N) is 1. The molecule has 1 aliphatic heterocycles. The van der Waals surface area contributed by atoms with Crippen LogP contribution in [-0.2, 0) is 27.2 Å². The molecule has 0 amide bonds. The predicted octanol–water partition coefficient (Wildman–Crippen LogP) is 2.63. The van der Waals surface area contributed by atoms with E-state index in [1.54, 1.807) is 0 Å². The number of carboxylic acids is 2. The summed E-state index contributed by atoms with van der Waals surface area (Å²) < 4.78 is 5.71. The summed E-state index contributed by atoms with van der Waals surface area (Å²) >= 11 is 1.86. The first-order valence-electron chi connectivity index (χ1n) is 9.06. The Hall–Kier alpha value is -2.26. The Morgan fingerprint density at radius 3 is 2.59 bits per heavy atom. The number of carbonyl (C=O) groups is 2. The van der Waals surface area contributed by atoms with E-state index in [0.717, 1.165) is 36.0 Å². The van der Waals surface area contributed by atoms with Crippen LogP contribution in [-0.4, -0.2) is 51.4 Å². The number of nitrogens with zero attached hydrogens (tertiary/aromatic N) is 2. The number of hydrogen-bond donors (Lipinski definition) is 3. The number of hydrogen-bond acceptors (Lipinski definition) is 7. The lowest BCUT2D eigenvalue weighted by Crippen LogP contribution is -2.19. The molecule has 146 valence electrons. The molecule has 9 heteroatoms. The van der Waals surface area contributed by atoms with E-state index in [4.69, 9.17) is 24.5 Å². The number of aryl methyl sites for hydroxylation is 3. The maximum absolute atomic E-state index is 9.10. The smallest absolute Gasteiger partial charge is 0.414 e. The SMILES string of the molecule is Cc1nc(NCC2CCCO2)c2c3c(sc2n1)CCCC3.O=C(O)C(=O)O. The molecule has 4 rings (SSSR count). The summed E-state index contributed by atoms with van der Waals surface area (Å²) in [6.45, 7) is 3.74. The average Bonchev–Trinajstić information content (AvgIpc) is 3.27. The molecule has 0 radical (unpaired) electrons. The molecule has 3 heterocycles. The molecule has 0 bridgehead atoms. The number of carboxylic acid groups (broad SMARTS) is 2. The second-order valence-corrected chi connectivity index (χ2v) is 7.72. The molecule has 1 saturated heterocycles. The van der Waals surface area contributed by atoms with Gasteiger partial charge in [0.15, 0.2) is 0 Å². The number of ether oxygens (including phenoxy) is 1. The first kappa shape index (κ1) is 19.5. The van der Waals surface area contributed by atoms with Crippen LogP contribution >= 0.6 is 11.3 Å². The Morgan fingerprint density at radius 2 is 1.93 bits per heavy atom. The van der Waals surface area contributed by atoms with Gasteiger partial charge >= 0.3 is 11.9 Å². The summed E-state index contributed by atoms with van der Waals surface area (Å²) in [5, 5.41) is 19.6. The van der Waals surface area contributed by atoms with Crippen molar-refractivity contribution in [2.45, 2.75) is 51.6 Å². The lowest BCUT2D eigenvalue weighted by molar-refractivity contribution is -0.159. The van der Waals surface area contributed by atoms with Gasteiger partial charge in [0.05, 0.1) is 11.5 Å². The number of fused-ring (bicyclic) bond motifs is 3. The Balaban J connectivity index is 0.000000307. The van der Waals surface area contributed by atoms with E-state index >= 15 is 0 Å². The highest BCUT2D eigenvalue weighted by Crippen LogP contribution is 2.38. The third-order valence-corrected chi connectivity index (χ3v) is 5.82. The molecule has 27 heavy (non-hydrogen) atoms. The van der Waals surface area contributed by atoms with Gasteiger partial charge in [0.2, 0.25) is 0 Å².